The Morgan fingerprint density at radius 2 is 1.23 bits per heavy atom. The zero-order valence-electron chi connectivity index (χ0n) is 33.6. The van der Waals surface area contributed by atoms with Crippen molar-refractivity contribution in [1.82, 2.24) is 9.55 Å². The topological polar surface area (TPSA) is 33.5 Å². The number of aryl methyl sites for hydroxylation is 1. The van der Waals surface area contributed by atoms with Crippen molar-refractivity contribution >= 4 is 44.6 Å². The molecule has 9 rings (SSSR count). The van der Waals surface area contributed by atoms with E-state index in [0.717, 1.165) is 67.2 Å². The van der Waals surface area contributed by atoms with Crippen molar-refractivity contribution < 1.29 is 9.13 Å². The lowest BCUT2D eigenvalue weighted by Crippen LogP contribution is -2.25. The monoisotopic (exact) mass is 750 g/mol. The molecule has 5 nitrogen and oxygen atoms in total. The van der Waals surface area contributed by atoms with Gasteiger partial charge in [0.25, 0.3) is 0 Å². The van der Waals surface area contributed by atoms with Crippen LogP contribution in [-0.2, 0) is 10.8 Å². The van der Waals surface area contributed by atoms with E-state index in [4.69, 9.17) is 9.72 Å². The fraction of sp³-hybridized carbons (Fsp3) is 0.196. The van der Waals surface area contributed by atoms with Crippen molar-refractivity contribution in [2.24, 2.45) is 0 Å². The molecule has 0 amide bonds. The van der Waals surface area contributed by atoms with Gasteiger partial charge in [0, 0.05) is 46.0 Å². The zero-order valence-corrected chi connectivity index (χ0v) is 33.6. The first-order chi connectivity index (χ1) is 27.3. The Kier molecular flexibility index (Phi) is 8.69. The van der Waals surface area contributed by atoms with Gasteiger partial charge in [-0.15, -0.1) is 0 Å². The highest BCUT2D eigenvalue weighted by Gasteiger charge is 2.30. The number of para-hydroxylation sites is 3. The SMILES string of the molecule is Cc1cc(-n2c3ccccc3c3ccc(Oc4cccc(N5CN(c6cc(C(C)(C)C)cc(C(C)(C)C)c6)c6ccccc65)c4)cc32)ncc1-c1cccc(F)c1. The van der Waals surface area contributed by atoms with E-state index < -0.39 is 0 Å². The van der Waals surface area contributed by atoms with Crippen LogP contribution in [0.5, 0.6) is 11.5 Å². The van der Waals surface area contributed by atoms with Gasteiger partial charge in [-0.05, 0) is 113 Å². The second kappa shape index (κ2) is 13.7. The summed E-state index contributed by atoms with van der Waals surface area (Å²) in [6, 6.07) is 47.5. The Morgan fingerprint density at radius 1 is 0.579 bits per heavy atom. The quantitative estimate of drug-likeness (QED) is 0.169. The summed E-state index contributed by atoms with van der Waals surface area (Å²) in [5.41, 5.74) is 12.1. The number of pyridine rings is 1. The normalized spacial score (nSPS) is 13.1. The standard InChI is InChI=1S/C51H47FN4O/c1-33-24-49(53-31-44(33)34-14-12-15-37(52)25-34)56-45-19-9-8-18-42(45)43-23-22-41(30-48(43)56)57-40-17-13-16-38(29-40)54-32-55(47-21-11-10-20-46(47)54)39-27-35(50(2,3)4)26-36(28-39)51(5,6)7/h8-31H,32H2,1-7H3. The molecular formula is C51H47FN4O. The Morgan fingerprint density at radius 3 is 1.93 bits per heavy atom. The smallest absolute Gasteiger partial charge is 0.137 e. The highest BCUT2D eigenvalue weighted by atomic mass is 19.1. The maximum Gasteiger partial charge on any atom is 0.137 e. The number of halogens is 1. The van der Waals surface area contributed by atoms with Gasteiger partial charge in [-0.2, -0.15) is 0 Å². The molecule has 0 bridgehead atoms. The maximum absolute atomic E-state index is 14.1. The van der Waals surface area contributed by atoms with Crippen molar-refractivity contribution in [1.29, 1.82) is 0 Å². The van der Waals surface area contributed by atoms with Crippen LogP contribution in [0, 0.1) is 12.7 Å². The molecule has 57 heavy (non-hydrogen) atoms. The number of fused-ring (bicyclic) bond motifs is 4. The van der Waals surface area contributed by atoms with Gasteiger partial charge in [0.05, 0.1) is 22.4 Å². The minimum atomic E-state index is -0.264. The van der Waals surface area contributed by atoms with Gasteiger partial charge in [-0.3, -0.25) is 4.57 Å². The number of hydrogen-bond donors (Lipinski definition) is 0. The van der Waals surface area contributed by atoms with Gasteiger partial charge in [0.2, 0.25) is 0 Å². The van der Waals surface area contributed by atoms with E-state index in [0.29, 0.717) is 6.67 Å². The van der Waals surface area contributed by atoms with Crippen LogP contribution in [0.15, 0.2) is 146 Å². The van der Waals surface area contributed by atoms with Crippen LogP contribution in [0.1, 0.15) is 58.2 Å². The summed E-state index contributed by atoms with van der Waals surface area (Å²) in [5.74, 6) is 2.01. The summed E-state index contributed by atoms with van der Waals surface area (Å²) in [6.45, 7) is 16.5. The molecule has 284 valence electrons. The molecule has 0 radical (unpaired) electrons. The third-order valence-corrected chi connectivity index (χ3v) is 11.2. The third kappa shape index (κ3) is 6.69. The van der Waals surface area contributed by atoms with E-state index in [2.05, 4.69) is 159 Å². The number of benzene rings is 6. The largest absolute Gasteiger partial charge is 0.457 e. The molecule has 2 aromatic heterocycles. The molecule has 0 spiro atoms. The van der Waals surface area contributed by atoms with Crippen molar-refractivity contribution in [2.45, 2.75) is 59.3 Å². The van der Waals surface area contributed by atoms with E-state index in [1.54, 1.807) is 12.1 Å². The lowest BCUT2D eigenvalue weighted by Gasteiger charge is -2.29. The molecule has 8 aromatic rings. The summed E-state index contributed by atoms with van der Waals surface area (Å²) >= 11 is 0. The molecule has 6 aromatic carbocycles. The van der Waals surface area contributed by atoms with E-state index in [-0.39, 0.29) is 16.6 Å². The summed E-state index contributed by atoms with van der Waals surface area (Å²) in [5, 5.41) is 2.24. The van der Waals surface area contributed by atoms with Gasteiger partial charge in [0.1, 0.15) is 29.8 Å². The van der Waals surface area contributed by atoms with Crippen LogP contribution in [-0.4, -0.2) is 16.2 Å². The first-order valence-corrected chi connectivity index (χ1v) is 19.7. The van der Waals surface area contributed by atoms with Crippen LogP contribution < -0.4 is 14.5 Å². The van der Waals surface area contributed by atoms with Crippen LogP contribution in [0.3, 0.4) is 0 Å². The molecule has 6 heteroatoms. The summed E-state index contributed by atoms with van der Waals surface area (Å²) in [7, 11) is 0. The number of ether oxygens (including phenoxy) is 1. The molecule has 0 fully saturated rings. The van der Waals surface area contributed by atoms with Gasteiger partial charge in [0.15, 0.2) is 0 Å². The van der Waals surface area contributed by atoms with E-state index >= 15 is 0 Å². The minimum absolute atomic E-state index is 0.0161. The Hall–Kier alpha value is -6.40. The summed E-state index contributed by atoms with van der Waals surface area (Å²) < 4.78 is 23.0. The minimum Gasteiger partial charge on any atom is -0.457 e. The van der Waals surface area contributed by atoms with E-state index in [9.17, 15) is 4.39 Å². The van der Waals surface area contributed by atoms with E-state index in [1.807, 2.05) is 31.3 Å². The lowest BCUT2D eigenvalue weighted by atomic mass is 9.80. The molecule has 1 aliphatic heterocycles. The molecule has 0 unspecified atom stereocenters. The number of nitrogens with zero attached hydrogens (tertiary/aromatic N) is 4. The van der Waals surface area contributed by atoms with Crippen molar-refractivity contribution in [3.63, 3.8) is 0 Å². The zero-order chi connectivity index (χ0) is 39.6. The Balaban J connectivity index is 1.06. The van der Waals surface area contributed by atoms with Crippen LogP contribution in [0.2, 0.25) is 0 Å². The average Bonchev–Trinajstić information content (AvgIpc) is 3.73. The molecule has 3 heterocycles. The average molecular weight is 751 g/mol. The second-order valence-corrected chi connectivity index (χ2v) is 17.3. The molecular weight excluding hydrogens is 704 g/mol. The predicted octanol–water partition coefficient (Wildman–Crippen LogP) is 13.9. The maximum atomic E-state index is 14.1. The van der Waals surface area contributed by atoms with Crippen molar-refractivity contribution in [3.8, 4) is 28.4 Å². The molecule has 0 N–H and O–H groups in total. The van der Waals surface area contributed by atoms with E-state index in [1.165, 1.54) is 28.6 Å². The van der Waals surface area contributed by atoms with Crippen LogP contribution >= 0.6 is 0 Å². The molecule has 0 aliphatic carbocycles. The van der Waals surface area contributed by atoms with Gasteiger partial charge in [-0.1, -0.05) is 96.1 Å². The number of rotatable bonds is 6. The molecule has 0 saturated heterocycles. The fourth-order valence-corrected chi connectivity index (χ4v) is 8.02. The van der Waals surface area contributed by atoms with Crippen molar-refractivity contribution in [3.05, 3.63) is 168 Å². The Labute approximate surface area is 334 Å². The van der Waals surface area contributed by atoms with Gasteiger partial charge < -0.3 is 14.5 Å². The van der Waals surface area contributed by atoms with Gasteiger partial charge >= 0.3 is 0 Å². The van der Waals surface area contributed by atoms with Crippen LogP contribution in [0.4, 0.5) is 27.1 Å². The highest BCUT2D eigenvalue weighted by molar-refractivity contribution is 6.09. The van der Waals surface area contributed by atoms with Crippen LogP contribution in [0.25, 0.3) is 38.8 Å². The van der Waals surface area contributed by atoms with Crippen molar-refractivity contribution in [2.75, 3.05) is 16.5 Å². The number of hydrogen-bond acceptors (Lipinski definition) is 4. The first kappa shape index (κ1) is 36.3. The summed E-state index contributed by atoms with van der Waals surface area (Å²) in [4.78, 5) is 9.72. The highest BCUT2D eigenvalue weighted by Crippen LogP contribution is 2.46. The lowest BCUT2D eigenvalue weighted by molar-refractivity contribution is 0.483. The number of anilines is 4. The molecule has 1 aliphatic rings. The summed E-state index contributed by atoms with van der Waals surface area (Å²) in [6.07, 6.45) is 1.84. The molecule has 0 atom stereocenters. The van der Waals surface area contributed by atoms with Gasteiger partial charge in [-0.25, -0.2) is 9.37 Å². The number of aromatic nitrogens is 2. The fourth-order valence-electron chi connectivity index (χ4n) is 8.02. The predicted molar refractivity (Wildman–Crippen MR) is 235 cm³/mol. The molecule has 0 saturated carbocycles. The first-order valence-electron chi connectivity index (χ1n) is 19.7. The second-order valence-electron chi connectivity index (χ2n) is 17.3. The Bertz CT molecular complexity index is 2790. The third-order valence-electron chi connectivity index (χ3n) is 11.2.